The molecule has 1 aliphatic heterocycles. The van der Waals surface area contributed by atoms with Crippen molar-refractivity contribution in [1.82, 2.24) is 25.1 Å². The molecule has 1 aliphatic rings. The smallest absolute Gasteiger partial charge is 0.375 e. The second kappa shape index (κ2) is 11.9. The number of aromatic nitrogens is 3. The second-order valence-electron chi connectivity index (χ2n) is 9.19. The van der Waals surface area contributed by atoms with Crippen LogP contribution >= 0.6 is 7.82 Å². The first-order valence-electron chi connectivity index (χ1n) is 11.9. The molecule has 0 aliphatic carbocycles. The Morgan fingerprint density at radius 3 is 2.19 bits per heavy atom. The molecular weight excluding hydrogens is 603 g/mol. The molecule has 0 bridgehead atoms. The van der Waals surface area contributed by atoms with E-state index in [2.05, 4.69) is 20.0 Å². The summed E-state index contributed by atoms with van der Waals surface area (Å²) < 4.78 is 100. The van der Waals surface area contributed by atoms with Gasteiger partial charge in [-0.1, -0.05) is 30.3 Å². The summed E-state index contributed by atoms with van der Waals surface area (Å²) in [6.07, 6.45) is -10.1. The van der Waals surface area contributed by atoms with Crippen LogP contribution in [0.4, 0.5) is 26.3 Å². The number of alkyl halides is 6. The van der Waals surface area contributed by atoms with Crippen molar-refractivity contribution in [2.45, 2.75) is 37.6 Å². The second-order valence-corrected chi connectivity index (χ2v) is 10.3. The molecule has 12 nitrogen and oxygen atoms in total. The van der Waals surface area contributed by atoms with Crippen LogP contribution in [0.1, 0.15) is 34.1 Å². The molecule has 4 N–H and O–H groups in total. The number of aromatic amines is 1. The highest BCUT2D eigenvalue weighted by Gasteiger charge is 2.38. The number of benzene rings is 2. The highest BCUT2D eigenvalue weighted by Crippen LogP contribution is 2.37. The molecule has 1 aromatic heterocycles. The SMILES string of the molecule is O=C1CN(Cc2nn(OP(=O)(O)O)c(=O)[nH]2)[C@@H](c2ccccc2)[C@@H](COCc2cc(C(F)(F)F)cc(C(F)(F)F)c2)N1. The Labute approximate surface area is 232 Å². The Hall–Kier alpha value is -3.70. The van der Waals surface area contributed by atoms with Crippen LogP contribution in [0.15, 0.2) is 53.3 Å². The summed E-state index contributed by atoms with van der Waals surface area (Å²) in [5.41, 5.74) is -3.86. The summed E-state index contributed by atoms with van der Waals surface area (Å²) in [4.78, 5) is 46.3. The van der Waals surface area contributed by atoms with Gasteiger partial charge in [-0.15, -0.1) is 5.10 Å². The number of halogens is 6. The molecule has 42 heavy (non-hydrogen) atoms. The molecule has 4 rings (SSSR count). The van der Waals surface area contributed by atoms with E-state index in [0.717, 1.165) is 0 Å². The van der Waals surface area contributed by atoms with E-state index in [1.165, 1.54) is 4.90 Å². The lowest BCUT2D eigenvalue weighted by Crippen LogP contribution is -2.57. The van der Waals surface area contributed by atoms with E-state index in [0.29, 0.717) is 17.7 Å². The van der Waals surface area contributed by atoms with E-state index in [4.69, 9.17) is 14.5 Å². The number of carbonyl (C=O) groups is 1. The number of carbonyl (C=O) groups excluding carboxylic acids is 1. The van der Waals surface area contributed by atoms with Crippen LogP contribution in [-0.4, -0.2) is 54.7 Å². The quantitative estimate of drug-likeness (QED) is 0.207. The molecular formula is C23H22F6N5O7P. The van der Waals surface area contributed by atoms with Crippen molar-refractivity contribution in [3.63, 3.8) is 0 Å². The topological polar surface area (TPSA) is 159 Å². The number of piperazine rings is 1. The number of nitrogens with one attached hydrogen (secondary N) is 2. The normalized spacial score (nSPS) is 18.6. The van der Waals surface area contributed by atoms with Crippen LogP contribution in [0, 0.1) is 0 Å². The Bertz CT molecular complexity index is 1490. The lowest BCUT2D eigenvalue weighted by atomic mass is 9.95. The molecule has 1 saturated heterocycles. The number of ether oxygens (including phenoxy) is 1. The average molecular weight is 625 g/mol. The molecule has 0 saturated carbocycles. The number of nitrogens with zero attached hydrogens (tertiary/aromatic N) is 3. The zero-order chi connectivity index (χ0) is 30.9. The van der Waals surface area contributed by atoms with Crippen LogP contribution in [0.2, 0.25) is 0 Å². The lowest BCUT2D eigenvalue weighted by Gasteiger charge is -2.41. The number of phosphoric acid groups is 1. The van der Waals surface area contributed by atoms with E-state index in [1.807, 2.05) is 0 Å². The van der Waals surface area contributed by atoms with Gasteiger partial charge in [0.05, 0.1) is 49.5 Å². The fraction of sp³-hybridized carbons (Fsp3) is 0.348. The van der Waals surface area contributed by atoms with Gasteiger partial charge in [0.15, 0.2) is 0 Å². The zero-order valence-corrected chi connectivity index (χ0v) is 22.0. The van der Waals surface area contributed by atoms with Gasteiger partial charge in [-0.2, -0.15) is 26.3 Å². The largest absolute Gasteiger partial charge is 0.545 e. The Morgan fingerprint density at radius 1 is 1.00 bits per heavy atom. The van der Waals surface area contributed by atoms with Crippen LogP contribution < -0.4 is 15.6 Å². The summed E-state index contributed by atoms with van der Waals surface area (Å²) in [7, 11) is -5.13. The Kier molecular flexibility index (Phi) is 8.84. The molecule has 0 spiro atoms. The van der Waals surface area contributed by atoms with Crippen molar-refractivity contribution >= 4 is 13.7 Å². The van der Waals surface area contributed by atoms with Gasteiger partial charge in [0.2, 0.25) is 5.91 Å². The predicted molar refractivity (Wildman–Crippen MR) is 129 cm³/mol. The lowest BCUT2D eigenvalue weighted by molar-refractivity contribution is -0.143. The number of rotatable bonds is 9. The first-order valence-corrected chi connectivity index (χ1v) is 13.4. The first kappa shape index (κ1) is 31.2. The molecule has 1 amide bonds. The highest BCUT2D eigenvalue weighted by molar-refractivity contribution is 7.46. The third-order valence-electron chi connectivity index (χ3n) is 6.00. The van der Waals surface area contributed by atoms with Gasteiger partial charge in [0.1, 0.15) is 5.82 Å². The van der Waals surface area contributed by atoms with E-state index in [-0.39, 0.29) is 42.0 Å². The Balaban J connectivity index is 1.57. The number of hydrogen-bond donors (Lipinski definition) is 4. The summed E-state index contributed by atoms with van der Waals surface area (Å²) in [5.74, 6) is -0.658. The van der Waals surface area contributed by atoms with Crippen molar-refractivity contribution in [3.8, 4) is 0 Å². The van der Waals surface area contributed by atoms with Crippen molar-refractivity contribution in [3.05, 3.63) is 87.1 Å². The van der Waals surface area contributed by atoms with Crippen molar-refractivity contribution in [2.75, 3.05) is 13.2 Å². The fourth-order valence-electron chi connectivity index (χ4n) is 4.43. The molecule has 19 heteroatoms. The molecule has 1 fully saturated rings. The molecule has 0 radical (unpaired) electrons. The van der Waals surface area contributed by atoms with E-state index in [9.17, 15) is 40.5 Å². The summed E-state index contributed by atoms with van der Waals surface area (Å²) in [6, 6.07) is 8.00. The molecule has 2 aromatic carbocycles. The van der Waals surface area contributed by atoms with Crippen LogP contribution in [0.25, 0.3) is 0 Å². The summed E-state index contributed by atoms with van der Waals surface area (Å²) in [6.45, 7) is -1.46. The first-order chi connectivity index (χ1) is 19.5. The molecule has 0 unspecified atom stereocenters. The molecule has 3 aromatic rings. The minimum absolute atomic E-state index is 0.00472. The van der Waals surface area contributed by atoms with Crippen LogP contribution in [0.5, 0.6) is 0 Å². The third-order valence-corrected chi connectivity index (χ3v) is 6.36. The fourth-order valence-corrected chi connectivity index (χ4v) is 4.74. The van der Waals surface area contributed by atoms with E-state index < -0.39 is 61.6 Å². The van der Waals surface area contributed by atoms with Crippen LogP contribution in [-0.2, 0) is 39.6 Å². The number of amides is 1. The maximum atomic E-state index is 13.2. The van der Waals surface area contributed by atoms with Crippen molar-refractivity contribution in [2.24, 2.45) is 0 Å². The van der Waals surface area contributed by atoms with Gasteiger partial charge in [-0.25, -0.2) is 9.36 Å². The van der Waals surface area contributed by atoms with Gasteiger partial charge < -0.3 is 10.1 Å². The standard InChI is InChI=1S/C23H22F6N5O7P/c24-22(25,26)15-6-13(7-16(8-15)23(27,28)29)11-40-12-17-20(14-4-2-1-3-5-14)33(10-19(35)30-17)9-18-31-21(36)34(32-18)41-42(37,38)39/h1-8,17,20H,9-12H2,(H,30,35)(H,31,32,36)(H2,37,38,39)/t17-,20+/m1/s1. The Morgan fingerprint density at radius 2 is 1.62 bits per heavy atom. The predicted octanol–water partition coefficient (Wildman–Crippen LogP) is 2.39. The van der Waals surface area contributed by atoms with Crippen molar-refractivity contribution < 1.29 is 54.9 Å². The molecule has 228 valence electrons. The van der Waals surface area contributed by atoms with Gasteiger partial charge >= 0.3 is 25.9 Å². The van der Waals surface area contributed by atoms with Gasteiger partial charge in [-0.05, 0) is 34.2 Å². The minimum Gasteiger partial charge on any atom is -0.375 e. The van der Waals surface area contributed by atoms with Crippen LogP contribution in [0.3, 0.4) is 0 Å². The maximum absolute atomic E-state index is 13.2. The van der Waals surface area contributed by atoms with Gasteiger partial charge in [-0.3, -0.25) is 29.1 Å². The zero-order valence-electron chi connectivity index (χ0n) is 21.1. The van der Waals surface area contributed by atoms with Gasteiger partial charge in [0, 0.05) is 0 Å². The third kappa shape index (κ3) is 7.98. The molecule has 2 heterocycles. The maximum Gasteiger partial charge on any atom is 0.545 e. The number of H-pyrrole nitrogens is 1. The van der Waals surface area contributed by atoms with Crippen molar-refractivity contribution in [1.29, 1.82) is 0 Å². The van der Waals surface area contributed by atoms with Gasteiger partial charge in [0.25, 0.3) is 0 Å². The van der Waals surface area contributed by atoms with E-state index in [1.54, 1.807) is 30.3 Å². The number of hydrogen-bond acceptors (Lipinski definition) is 7. The summed E-state index contributed by atoms with van der Waals surface area (Å²) in [5, 5.41) is 6.37. The average Bonchev–Trinajstić information content (AvgIpc) is 3.19. The minimum atomic E-state index is -5.13. The highest BCUT2D eigenvalue weighted by atomic mass is 31.2. The molecule has 2 atom stereocenters. The monoisotopic (exact) mass is 625 g/mol. The van der Waals surface area contributed by atoms with E-state index >= 15 is 0 Å². The summed E-state index contributed by atoms with van der Waals surface area (Å²) >= 11 is 0.